The molecule has 1 saturated heterocycles. The first kappa shape index (κ1) is 16.0. The Bertz CT molecular complexity index is 872. The Balaban J connectivity index is 1.38. The van der Waals surface area contributed by atoms with Gasteiger partial charge < -0.3 is 14.1 Å². The number of ether oxygens (including phenoxy) is 1. The lowest BCUT2D eigenvalue weighted by molar-refractivity contribution is 0.0560. The molecule has 2 aromatic heterocycles. The van der Waals surface area contributed by atoms with Crippen LogP contribution < -0.4 is 0 Å². The van der Waals surface area contributed by atoms with Crippen LogP contribution in [0.25, 0.3) is 10.9 Å². The fourth-order valence-corrected chi connectivity index (χ4v) is 3.73. The smallest absolute Gasteiger partial charge is 0.373 e. The first-order chi connectivity index (χ1) is 12.2. The molecule has 0 radical (unpaired) electrons. The number of carbonyl (C=O) groups excluding carboxylic acids is 1. The van der Waals surface area contributed by atoms with E-state index in [0.717, 1.165) is 38.2 Å². The van der Waals surface area contributed by atoms with Crippen LogP contribution in [0.15, 0.2) is 47.0 Å². The highest BCUT2D eigenvalue weighted by atomic mass is 16.5. The Morgan fingerprint density at radius 2 is 2.04 bits per heavy atom. The van der Waals surface area contributed by atoms with E-state index in [1.807, 2.05) is 6.07 Å². The van der Waals surface area contributed by atoms with Crippen molar-refractivity contribution in [3.05, 3.63) is 59.7 Å². The highest BCUT2D eigenvalue weighted by molar-refractivity contribution is 5.86. The van der Waals surface area contributed by atoms with Crippen molar-refractivity contribution in [2.24, 2.45) is 0 Å². The third-order valence-electron chi connectivity index (χ3n) is 5.08. The molecule has 5 heteroatoms. The molecule has 0 aliphatic carbocycles. The van der Waals surface area contributed by atoms with Crippen LogP contribution in [0.1, 0.15) is 40.6 Å². The fraction of sp³-hybridized carbons (Fsp3) is 0.350. The summed E-state index contributed by atoms with van der Waals surface area (Å²) >= 11 is 0. The Labute approximate surface area is 146 Å². The number of hydrogen-bond donors (Lipinski definition) is 1. The van der Waals surface area contributed by atoms with Gasteiger partial charge in [0.2, 0.25) is 5.76 Å². The second-order valence-corrected chi connectivity index (χ2v) is 6.60. The zero-order valence-corrected chi connectivity index (χ0v) is 14.3. The van der Waals surface area contributed by atoms with Crippen molar-refractivity contribution < 1.29 is 13.9 Å². The van der Waals surface area contributed by atoms with Gasteiger partial charge in [0.15, 0.2) is 0 Å². The minimum Gasteiger partial charge on any atom is -0.463 e. The molecule has 5 nitrogen and oxygen atoms in total. The number of likely N-dealkylation sites (tertiary alicyclic amines) is 1. The van der Waals surface area contributed by atoms with E-state index < -0.39 is 5.97 Å². The lowest BCUT2D eigenvalue weighted by Gasteiger charge is -2.31. The number of fused-ring (bicyclic) bond motifs is 1. The molecule has 130 valence electrons. The van der Waals surface area contributed by atoms with E-state index in [-0.39, 0.29) is 5.76 Å². The third kappa shape index (κ3) is 3.20. The minimum absolute atomic E-state index is 0.270. The summed E-state index contributed by atoms with van der Waals surface area (Å²) in [5.74, 6) is 1.25. The molecule has 1 fully saturated rings. The Morgan fingerprint density at radius 3 is 2.84 bits per heavy atom. The number of hydrogen-bond acceptors (Lipinski definition) is 4. The topological polar surface area (TPSA) is 58.5 Å². The van der Waals surface area contributed by atoms with Crippen molar-refractivity contribution in [3.63, 3.8) is 0 Å². The van der Waals surface area contributed by atoms with E-state index in [2.05, 4.69) is 45.1 Å². The van der Waals surface area contributed by atoms with Gasteiger partial charge in [-0.1, -0.05) is 18.2 Å². The summed E-state index contributed by atoms with van der Waals surface area (Å²) in [6.07, 6.45) is 4.43. The number of esters is 1. The van der Waals surface area contributed by atoms with E-state index in [0.29, 0.717) is 5.92 Å². The maximum atomic E-state index is 11.5. The van der Waals surface area contributed by atoms with Crippen LogP contribution in [-0.4, -0.2) is 36.1 Å². The van der Waals surface area contributed by atoms with Crippen molar-refractivity contribution in [1.82, 2.24) is 9.88 Å². The van der Waals surface area contributed by atoms with E-state index in [9.17, 15) is 4.79 Å². The van der Waals surface area contributed by atoms with Gasteiger partial charge in [-0.2, -0.15) is 0 Å². The normalized spacial score (nSPS) is 16.4. The molecule has 3 heterocycles. The van der Waals surface area contributed by atoms with E-state index in [4.69, 9.17) is 4.42 Å². The number of nitrogens with one attached hydrogen (secondary N) is 1. The van der Waals surface area contributed by atoms with Crippen molar-refractivity contribution in [1.29, 1.82) is 0 Å². The van der Waals surface area contributed by atoms with Crippen LogP contribution in [-0.2, 0) is 11.3 Å². The summed E-state index contributed by atoms with van der Waals surface area (Å²) in [4.78, 5) is 17.2. The van der Waals surface area contributed by atoms with Gasteiger partial charge in [-0.15, -0.1) is 0 Å². The molecule has 0 bridgehead atoms. The molecule has 25 heavy (non-hydrogen) atoms. The lowest BCUT2D eigenvalue weighted by Crippen LogP contribution is -2.32. The van der Waals surface area contributed by atoms with Crippen LogP contribution in [0.2, 0.25) is 0 Å². The zero-order chi connectivity index (χ0) is 17.2. The second-order valence-electron chi connectivity index (χ2n) is 6.60. The fourth-order valence-electron chi connectivity index (χ4n) is 3.73. The highest BCUT2D eigenvalue weighted by Crippen LogP contribution is 2.33. The molecular weight excluding hydrogens is 316 g/mol. The number of methoxy groups -OCH3 is 1. The summed E-state index contributed by atoms with van der Waals surface area (Å²) in [6.45, 7) is 2.79. The third-order valence-corrected chi connectivity index (χ3v) is 5.08. The number of benzene rings is 1. The molecule has 0 unspecified atom stereocenters. The van der Waals surface area contributed by atoms with E-state index >= 15 is 0 Å². The number of H-pyrrole nitrogens is 1. The standard InChI is InChI=1S/C20H22N2O3/c1-24-20(23)19-7-6-15(25-19)13-22-10-8-14(9-11-22)17-12-21-18-5-3-2-4-16(17)18/h2-7,12,14,21H,8-11,13H2,1H3. The zero-order valence-electron chi connectivity index (χ0n) is 14.3. The largest absolute Gasteiger partial charge is 0.463 e. The summed E-state index contributed by atoms with van der Waals surface area (Å²) in [5.41, 5.74) is 2.65. The average Bonchev–Trinajstić information content (AvgIpc) is 3.29. The maximum Gasteiger partial charge on any atom is 0.373 e. The van der Waals surface area contributed by atoms with Gasteiger partial charge in [0.1, 0.15) is 5.76 Å². The van der Waals surface area contributed by atoms with Crippen molar-refractivity contribution in [2.45, 2.75) is 25.3 Å². The summed E-state index contributed by atoms with van der Waals surface area (Å²) < 4.78 is 10.3. The van der Waals surface area contributed by atoms with Crippen LogP contribution in [0.5, 0.6) is 0 Å². The SMILES string of the molecule is COC(=O)c1ccc(CN2CCC(c3c[nH]c4ccccc34)CC2)o1. The van der Waals surface area contributed by atoms with Gasteiger partial charge in [0.25, 0.3) is 0 Å². The molecule has 0 spiro atoms. The summed E-state index contributed by atoms with van der Waals surface area (Å²) in [5, 5.41) is 1.34. The van der Waals surface area contributed by atoms with Crippen LogP contribution in [0.4, 0.5) is 0 Å². The maximum absolute atomic E-state index is 11.5. The summed E-state index contributed by atoms with van der Waals surface area (Å²) in [6, 6.07) is 12.0. The second kappa shape index (κ2) is 6.76. The van der Waals surface area contributed by atoms with E-state index in [1.54, 1.807) is 6.07 Å². The predicted octanol–water partition coefficient (Wildman–Crippen LogP) is 3.93. The first-order valence-electron chi connectivity index (χ1n) is 8.70. The van der Waals surface area contributed by atoms with Gasteiger partial charge in [-0.25, -0.2) is 4.79 Å². The highest BCUT2D eigenvalue weighted by Gasteiger charge is 2.23. The monoisotopic (exact) mass is 338 g/mol. The molecule has 1 aromatic carbocycles. The average molecular weight is 338 g/mol. The van der Waals surface area contributed by atoms with Gasteiger partial charge in [0, 0.05) is 17.1 Å². The molecule has 1 N–H and O–H groups in total. The van der Waals surface area contributed by atoms with E-state index in [1.165, 1.54) is 23.6 Å². The Morgan fingerprint density at radius 1 is 1.24 bits per heavy atom. The number of furan rings is 1. The quantitative estimate of drug-likeness (QED) is 0.732. The first-order valence-corrected chi connectivity index (χ1v) is 8.70. The van der Waals surface area contributed by atoms with Crippen molar-refractivity contribution >= 4 is 16.9 Å². The number of rotatable bonds is 4. The number of aromatic nitrogens is 1. The van der Waals surface area contributed by atoms with Gasteiger partial charge in [0.05, 0.1) is 13.7 Å². The number of nitrogens with zero attached hydrogens (tertiary/aromatic N) is 1. The molecule has 0 saturated carbocycles. The molecule has 3 aromatic rings. The molecule has 0 atom stereocenters. The Hall–Kier alpha value is -2.53. The van der Waals surface area contributed by atoms with Gasteiger partial charge >= 0.3 is 5.97 Å². The summed E-state index contributed by atoms with van der Waals surface area (Å²) in [7, 11) is 1.36. The molecule has 4 rings (SSSR count). The number of carbonyl (C=O) groups is 1. The molecule has 0 amide bonds. The van der Waals surface area contributed by atoms with Gasteiger partial charge in [-0.05, 0) is 55.6 Å². The van der Waals surface area contributed by atoms with Crippen LogP contribution in [0.3, 0.4) is 0 Å². The van der Waals surface area contributed by atoms with Crippen LogP contribution in [0, 0.1) is 0 Å². The molecular formula is C20H22N2O3. The predicted molar refractivity (Wildman–Crippen MR) is 95.6 cm³/mol. The molecule has 1 aliphatic heterocycles. The lowest BCUT2D eigenvalue weighted by atomic mass is 9.89. The van der Waals surface area contributed by atoms with Crippen LogP contribution >= 0.6 is 0 Å². The number of aromatic amines is 1. The van der Waals surface area contributed by atoms with Crippen molar-refractivity contribution in [2.75, 3.05) is 20.2 Å². The van der Waals surface area contributed by atoms with Gasteiger partial charge in [-0.3, -0.25) is 4.90 Å². The molecule has 1 aliphatic rings. The minimum atomic E-state index is -0.427. The number of para-hydroxylation sites is 1. The Kier molecular flexibility index (Phi) is 4.32. The number of piperidine rings is 1. The van der Waals surface area contributed by atoms with Crippen molar-refractivity contribution in [3.8, 4) is 0 Å².